The van der Waals surface area contributed by atoms with Gasteiger partial charge in [-0.25, -0.2) is 0 Å². The molecule has 1 atom stereocenters. The molecule has 0 aliphatic heterocycles. The van der Waals surface area contributed by atoms with E-state index in [1.807, 2.05) is 48.5 Å². The second kappa shape index (κ2) is 8.55. The van der Waals surface area contributed by atoms with Gasteiger partial charge in [-0.2, -0.15) is 0 Å². The summed E-state index contributed by atoms with van der Waals surface area (Å²) in [6, 6.07) is 27.8. The molecule has 162 valence electrons. The molecule has 0 aliphatic carbocycles. The summed E-state index contributed by atoms with van der Waals surface area (Å²) in [5, 5.41) is 9.59. The zero-order chi connectivity index (χ0) is 22.5. The summed E-state index contributed by atoms with van der Waals surface area (Å²) in [5.41, 5.74) is 1.63. The van der Waals surface area contributed by atoms with Gasteiger partial charge in [-0.3, -0.25) is 4.79 Å². The van der Waals surface area contributed by atoms with Crippen molar-refractivity contribution in [2.75, 3.05) is 0 Å². The van der Waals surface area contributed by atoms with E-state index in [9.17, 15) is 35.1 Å². The Morgan fingerprint density at radius 3 is 1.47 bits per heavy atom. The zero-order valence-electron chi connectivity index (χ0n) is 15.1. The van der Waals surface area contributed by atoms with Crippen molar-refractivity contribution >= 4 is 13.8 Å². The number of hydrogen-bond donors (Lipinski definition) is 1. The van der Waals surface area contributed by atoms with Crippen LogP contribution in [-0.2, 0) is 4.79 Å². The molecule has 0 aromatic heterocycles. The van der Waals surface area contributed by atoms with Crippen LogP contribution in [0.2, 0.25) is 0 Å². The molecule has 0 spiro atoms. The Bertz CT molecular complexity index is 968. The number of halogens is 7. The fourth-order valence-electron chi connectivity index (χ4n) is 2.44. The van der Waals surface area contributed by atoms with Crippen LogP contribution in [-0.4, -0.2) is 11.1 Å². The fourth-order valence-corrected chi connectivity index (χ4v) is 4.66. The summed E-state index contributed by atoms with van der Waals surface area (Å²) in [5.74, 6) is -1.43. The Kier molecular flexibility index (Phi) is 6.88. The largest absolute Gasteiger partial charge is 0.481 e. The van der Waals surface area contributed by atoms with Crippen molar-refractivity contribution in [3.63, 3.8) is 0 Å². The molecular formula is C20H16F6IO2P. The monoisotopic (exact) mass is 560 g/mol. The zero-order valence-corrected chi connectivity index (χ0v) is 18.2. The number of aliphatic carboxylic acids is 1. The Balaban J connectivity index is 0.000000396. The average molecular weight is 560 g/mol. The van der Waals surface area contributed by atoms with Gasteiger partial charge in [0.2, 0.25) is 0 Å². The predicted molar refractivity (Wildman–Crippen MR) is 99.8 cm³/mol. The molecule has 0 radical (unpaired) electrons. The van der Waals surface area contributed by atoms with Crippen LogP contribution in [0.5, 0.6) is 0 Å². The third-order valence-corrected chi connectivity index (χ3v) is 6.22. The molecule has 0 saturated carbocycles. The minimum absolute atomic E-state index is 0.222. The van der Waals surface area contributed by atoms with Crippen LogP contribution in [0, 0.1) is 7.14 Å². The van der Waals surface area contributed by atoms with Crippen molar-refractivity contribution < 1.29 is 56.3 Å². The second-order valence-corrected chi connectivity index (χ2v) is 11.0. The van der Waals surface area contributed by atoms with Gasteiger partial charge in [-0.1, -0.05) is 60.7 Å². The number of carbonyl (C=O) groups is 1. The number of rotatable bonds is 5. The van der Waals surface area contributed by atoms with Crippen LogP contribution in [0.15, 0.2) is 84.9 Å². The Morgan fingerprint density at radius 2 is 1.03 bits per heavy atom. The van der Waals surface area contributed by atoms with Gasteiger partial charge < -0.3 is 5.11 Å². The van der Waals surface area contributed by atoms with E-state index in [-0.39, 0.29) is 21.2 Å². The Morgan fingerprint density at radius 1 is 0.667 bits per heavy atom. The molecule has 0 aliphatic rings. The molecule has 3 rings (SSSR count). The summed E-state index contributed by atoms with van der Waals surface area (Å²) in [7, 11) is -10.7. The molecule has 0 bridgehead atoms. The molecule has 0 saturated heterocycles. The third-order valence-electron chi connectivity index (χ3n) is 3.53. The molecule has 30 heavy (non-hydrogen) atoms. The summed E-state index contributed by atoms with van der Waals surface area (Å²) >= 11 is -0.222. The smallest absolute Gasteiger partial charge is 0.357 e. The predicted octanol–water partition coefficient (Wildman–Crippen LogP) is 4.41. The summed E-state index contributed by atoms with van der Waals surface area (Å²) < 4.78 is 61.8. The van der Waals surface area contributed by atoms with Gasteiger partial charge in [-0.15, -0.1) is 0 Å². The van der Waals surface area contributed by atoms with Crippen molar-refractivity contribution in [3.05, 3.63) is 103 Å². The summed E-state index contributed by atoms with van der Waals surface area (Å²) in [6.07, 6.45) is 0. The molecule has 3 aromatic carbocycles. The van der Waals surface area contributed by atoms with Crippen LogP contribution in [0.25, 0.3) is 0 Å². The number of carboxylic acid groups (broad SMARTS) is 1. The van der Waals surface area contributed by atoms with Crippen molar-refractivity contribution in [2.45, 2.75) is 5.92 Å². The molecule has 0 amide bonds. The van der Waals surface area contributed by atoms with Crippen LogP contribution >= 0.6 is 7.81 Å². The molecule has 1 N–H and O–H groups in total. The van der Waals surface area contributed by atoms with Gasteiger partial charge in [0.15, 0.2) is 7.14 Å². The van der Waals surface area contributed by atoms with Crippen molar-refractivity contribution in [1.82, 2.24) is 0 Å². The number of hydrogen-bond acceptors (Lipinski definition) is 1. The van der Waals surface area contributed by atoms with Crippen molar-refractivity contribution in [2.24, 2.45) is 0 Å². The first kappa shape index (κ1) is 24.1. The molecule has 0 heterocycles. The van der Waals surface area contributed by atoms with Crippen molar-refractivity contribution in [1.29, 1.82) is 0 Å². The van der Waals surface area contributed by atoms with Gasteiger partial charge >= 0.3 is 60.2 Å². The standard InChI is InChI=1S/C20H15IO2.F6P/c22-20(23)19(15-7-3-1-4-8-15)16-11-13-18(14-12-16)21-17-9-5-2-6-10-17;1-7(2,3,4,5)6/h1-14,19H;/q;-1/p+1. The molecule has 10 heteroatoms. The van der Waals surface area contributed by atoms with Gasteiger partial charge in [0.1, 0.15) is 5.92 Å². The van der Waals surface area contributed by atoms with E-state index in [1.165, 1.54) is 7.14 Å². The average Bonchev–Trinajstić information content (AvgIpc) is 2.62. The van der Waals surface area contributed by atoms with Crippen LogP contribution in [0.3, 0.4) is 0 Å². The van der Waals surface area contributed by atoms with E-state index >= 15 is 0 Å². The minimum atomic E-state index is -10.7. The van der Waals surface area contributed by atoms with Gasteiger partial charge in [0.25, 0.3) is 0 Å². The maximum atomic E-state index is 11.7. The Labute approximate surface area is 179 Å². The van der Waals surface area contributed by atoms with E-state index in [2.05, 4.69) is 36.4 Å². The summed E-state index contributed by atoms with van der Waals surface area (Å²) in [6.45, 7) is 0. The van der Waals surface area contributed by atoms with E-state index in [0.29, 0.717) is 0 Å². The molecule has 1 unspecified atom stereocenters. The first-order valence-electron chi connectivity index (χ1n) is 8.33. The summed E-state index contributed by atoms with van der Waals surface area (Å²) in [4.78, 5) is 11.7. The molecule has 0 fully saturated rings. The van der Waals surface area contributed by atoms with Crippen LogP contribution in [0.1, 0.15) is 17.0 Å². The van der Waals surface area contributed by atoms with Crippen LogP contribution in [0.4, 0.5) is 25.2 Å². The van der Waals surface area contributed by atoms with Crippen LogP contribution < -0.4 is 21.2 Å². The van der Waals surface area contributed by atoms with Gasteiger partial charge in [-0.05, 0) is 35.4 Å². The van der Waals surface area contributed by atoms with E-state index in [4.69, 9.17) is 0 Å². The number of benzene rings is 3. The van der Waals surface area contributed by atoms with E-state index in [0.717, 1.165) is 11.1 Å². The molecular weight excluding hydrogens is 544 g/mol. The van der Waals surface area contributed by atoms with Gasteiger partial charge in [0, 0.05) is 0 Å². The SMILES string of the molecule is F[P-](F)(F)(F)(F)F.O=C(O)C(c1ccccc1)c1ccc([I+]c2ccccc2)cc1. The molecule has 3 aromatic rings. The van der Waals surface area contributed by atoms with E-state index in [1.54, 1.807) is 0 Å². The first-order valence-corrected chi connectivity index (χ1v) is 12.5. The Hall–Kier alpha value is -2.13. The van der Waals surface area contributed by atoms with Crippen molar-refractivity contribution in [3.8, 4) is 0 Å². The molecule has 2 nitrogen and oxygen atoms in total. The van der Waals surface area contributed by atoms with E-state index < -0.39 is 19.7 Å². The third kappa shape index (κ3) is 10.1. The number of carboxylic acids is 1. The fraction of sp³-hybridized carbons (Fsp3) is 0.0500. The minimum Gasteiger partial charge on any atom is -0.481 e. The maximum Gasteiger partial charge on any atom is 0.357 e. The normalized spacial score (nSPS) is 14.5. The topological polar surface area (TPSA) is 37.3 Å². The maximum absolute atomic E-state index is 11.7. The van der Waals surface area contributed by atoms with Gasteiger partial charge in [0.05, 0.1) is 0 Å². The quantitative estimate of drug-likeness (QED) is 0.286. The first-order chi connectivity index (χ1) is 13.7. The second-order valence-electron chi connectivity index (χ2n) is 6.08.